The Bertz CT molecular complexity index is 483. The van der Waals surface area contributed by atoms with E-state index >= 15 is 0 Å². The van der Waals surface area contributed by atoms with Gasteiger partial charge in [0, 0.05) is 10.0 Å². The predicted octanol–water partition coefficient (Wildman–Crippen LogP) is 2.97. The van der Waals surface area contributed by atoms with Crippen LogP contribution in [0.4, 0.5) is 8.78 Å². The summed E-state index contributed by atoms with van der Waals surface area (Å²) in [5, 5.41) is 8.87. The van der Waals surface area contributed by atoms with Crippen LogP contribution in [0.3, 0.4) is 0 Å². The van der Waals surface area contributed by atoms with Gasteiger partial charge in [0.15, 0.2) is 0 Å². The maximum Gasteiger partial charge on any atom is 0.310 e. The topological polar surface area (TPSA) is 50.1 Å². The van der Waals surface area contributed by atoms with Gasteiger partial charge in [-0.15, -0.1) is 0 Å². The van der Waals surface area contributed by atoms with Crippen molar-refractivity contribution in [3.05, 3.63) is 33.3 Å². The Kier molecular flexibility index (Phi) is 4.58. The summed E-state index contributed by atoms with van der Waals surface area (Å²) in [7, 11) is 1.16. The Morgan fingerprint density at radius 3 is 2.71 bits per heavy atom. The third-order valence-electron chi connectivity index (χ3n) is 2.15. The molecular weight excluding hydrogens is 296 g/mol. The molecule has 1 aromatic carbocycles. The zero-order chi connectivity index (χ0) is 13.0. The number of halogens is 3. The van der Waals surface area contributed by atoms with E-state index in [-0.39, 0.29) is 23.1 Å². The highest BCUT2D eigenvalue weighted by molar-refractivity contribution is 9.10. The first-order chi connectivity index (χ1) is 7.99. The number of hydrogen-bond acceptors (Lipinski definition) is 3. The van der Waals surface area contributed by atoms with Gasteiger partial charge >= 0.3 is 5.97 Å². The van der Waals surface area contributed by atoms with Crippen LogP contribution in [-0.2, 0) is 16.0 Å². The van der Waals surface area contributed by atoms with E-state index < -0.39 is 12.4 Å². The maximum atomic E-state index is 12.8. The fourth-order valence-electron chi connectivity index (χ4n) is 1.37. The first kappa shape index (κ1) is 13.6. The number of alkyl halides is 2. The minimum Gasteiger partial charge on any atom is -0.469 e. The number of hydrogen-bond donors (Lipinski definition) is 0. The second-order valence-corrected chi connectivity index (χ2v) is 4.10. The number of esters is 1. The molecule has 90 valence electrons. The molecule has 0 unspecified atom stereocenters. The Balaban J connectivity index is 3.33. The van der Waals surface area contributed by atoms with Crippen LogP contribution in [0, 0.1) is 11.3 Å². The molecular formula is C11H8BrF2NO2. The van der Waals surface area contributed by atoms with E-state index in [1.807, 2.05) is 0 Å². The second-order valence-electron chi connectivity index (χ2n) is 3.19. The summed E-state index contributed by atoms with van der Waals surface area (Å²) in [6.45, 7) is 0. The monoisotopic (exact) mass is 303 g/mol. The van der Waals surface area contributed by atoms with Crippen molar-refractivity contribution in [3.63, 3.8) is 0 Å². The molecule has 3 nitrogen and oxygen atoms in total. The van der Waals surface area contributed by atoms with Gasteiger partial charge in [0.05, 0.1) is 25.2 Å². The van der Waals surface area contributed by atoms with E-state index in [0.29, 0.717) is 4.47 Å². The normalized spacial score (nSPS) is 10.1. The second kappa shape index (κ2) is 5.73. The van der Waals surface area contributed by atoms with Gasteiger partial charge in [-0.1, -0.05) is 15.9 Å². The van der Waals surface area contributed by atoms with Gasteiger partial charge in [0.1, 0.15) is 0 Å². The lowest BCUT2D eigenvalue weighted by Gasteiger charge is -2.10. The van der Waals surface area contributed by atoms with E-state index in [0.717, 1.165) is 7.11 Å². The highest BCUT2D eigenvalue weighted by Crippen LogP contribution is 2.29. The van der Waals surface area contributed by atoms with Crippen molar-refractivity contribution in [2.75, 3.05) is 7.11 Å². The fraction of sp³-hybridized carbons (Fsp3) is 0.273. The zero-order valence-corrected chi connectivity index (χ0v) is 10.4. The Morgan fingerprint density at radius 2 is 2.24 bits per heavy atom. The molecule has 0 aliphatic carbocycles. The van der Waals surface area contributed by atoms with Crippen LogP contribution in [0.25, 0.3) is 0 Å². The molecule has 0 heterocycles. The van der Waals surface area contributed by atoms with Crippen LogP contribution in [0.2, 0.25) is 0 Å². The average Bonchev–Trinajstić information content (AvgIpc) is 2.30. The van der Waals surface area contributed by atoms with E-state index in [9.17, 15) is 13.6 Å². The average molecular weight is 304 g/mol. The van der Waals surface area contributed by atoms with Gasteiger partial charge in [-0.05, 0) is 17.7 Å². The number of nitrogens with zero attached hydrogens (tertiary/aromatic N) is 1. The maximum absolute atomic E-state index is 12.8. The number of rotatable bonds is 3. The predicted molar refractivity (Wildman–Crippen MR) is 59.5 cm³/mol. The molecule has 0 bridgehead atoms. The third-order valence-corrected chi connectivity index (χ3v) is 2.61. The van der Waals surface area contributed by atoms with Crippen molar-refractivity contribution in [1.82, 2.24) is 0 Å². The molecule has 0 aromatic heterocycles. The van der Waals surface area contributed by atoms with Gasteiger partial charge in [0.25, 0.3) is 6.43 Å². The SMILES string of the molecule is COC(=O)Cc1c(C#N)cc(Br)cc1C(F)F. The largest absolute Gasteiger partial charge is 0.469 e. The molecule has 6 heteroatoms. The Labute approximate surface area is 105 Å². The first-order valence-electron chi connectivity index (χ1n) is 4.57. The van der Waals surface area contributed by atoms with Crippen molar-refractivity contribution >= 4 is 21.9 Å². The van der Waals surface area contributed by atoms with Crippen molar-refractivity contribution < 1.29 is 18.3 Å². The third kappa shape index (κ3) is 3.24. The summed E-state index contributed by atoms with van der Waals surface area (Å²) in [6.07, 6.45) is -3.09. The number of ether oxygens (including phenoxy) is 1. The lowest BCUT2D eigenvalue weighted by Crippen LogP contribution is -2.09. The number of carbonyl (C=O) groups excluding carboxylic acids is 1. The number of carbonyl (C=O) groups is 1. The first-order valence-corrected chi connectivity index (χ1v) is 5.36. The molecule has 0 saturated carbocycles. The standard InChI is InChI=1S/C11H8BrF2NO2/c1-17-10(16)4-8-6(5-15)2-7(12)3-9(8)11(13)14/h2-3,11H,4H2,1H3. The van der Waals surface area contributed by atoms with E-state index in [2.05, 4.69) is 20.7 Å². The smallest absolute Gasteiger partial charge is 0.310 e. The van der Waals surface area contributed by atoms with Gasteiger partial charge < -0.3 is 4.74 Å². The molecule has 0 saturated heterocycles. The van der Waals surface area contributed by atoms with Gasteiger partial charge in [0.2, 0.25) is 0 Å². The molecule has 0 aliphatic heterocycles. The Morgan fingerprint density at radius 1 is 1.59 bits per heavy atom. The molecule has 0 fully saturated rings. The molecule has 0 atom stereocenters. The number of nitriles is 1. The summed E-state index contributed by atoms with van der Waals surface area (Å²) in [4.78, 5) is 11.1. The van der Waals surface area contributed by atoms with Crippen molar-refractivity contribution in [2.24, 2.45) is 0 Å². The highest BCUT2D eigenvalue weighted by Gasteiger charge is 2.20. The quantitative estimate of drug-likeness (QED) is 0.807. The molecule has 1 rings (SSSR count). The minimum absolute atomic E-state index is 0.0116. The number of benzene rings is 1. The Hall–Kier alpha value is -1.48. The highest BCUT2D eigenvalue weighted by atomic mass is 79.9. The van der Waals surface area contributed by atoms with Gasteiger partial charge in [-0.3, -0.25) is 4.79 Å². The lowest BCUT2D eigenvalue weighted by molar-refractivity contribution is -0.139. The van der Waals surface area contributed by atoms with Crippen LogP contribution in [0.5, 0.6) is 0 Å². The fourth-order valence-corrected chi connectivity index (χ4v) is 1.84. The molecule has 0 N–H and O–H groups in total. The van der Waals surface area contributed by atoms with Gasteiger partial charge in [-0.2, -0.15) is 5.26 Å². The van der Waals surface area contributed by atoms with E-state index in [1.165, 1.54) is 12.1 Å². The summed E-state index contributed by atoms with van der Waals surface area (Å²) in [5.41, 5.74) is -0.279. The molecule has 1 aromatic rings. The number of methoxy groups -OCH3 is 1. The van der Waals surface area contributed by atoms with Crippen LogP contribution < -0.4 is 0 Å². The summed E-state index contributed by atoms with van der Waals surface area (Å²) >= 11 is 3.04. The zero-order valence-electron chi connectivity index (χ0n) is 8.84. The van der Waals surface area contributed by atoms with Crippen molar-refractivity contribution in [3.8, 4) is 6.07 Å². The van der Waals surface area contributed by atoms with Crippen LogP contribution in [0.15, 0.2) is 16.6 Å². The van der Waals surface area contributed by atoms with Gasteiger partial charge in [-0.25, -0.2) is 8.78 Å². The molecule has 0 aliphatic rings. The van der Waals surface area contributed by atoms with E-state index in [1.54, 1.807) is 6.07 Å². The van der Waals surface area contributed by atoms with Crippen LogP contribution >= 0.6 is 15.9 Å². The van der Waals surface area contributed by atoms with E-state index in [4.69, 9.17) is 5.26 Å². The van der Waals surface area contributed by atoms with Crippen molar-refractivity contribution in [2.45, 2.75) is 12.8 Å². The molecule has 17 heavy (non-hydrogen) atoms. The lowest BCUT2D eigenvalue weighted by atomic mass is 9.99. The minimum atomic E-state index is -2.75. The summed E-state index contributed by atoms with van der Waals surface area (Å²) < 4.78 is 30.4. The van der Waals surface area contributed by atoms with Crippen LogP contribution in [0.1, 0.15) is 23.1 Å². The summed E-state index contributed by atoms with van der Waals surface area (Å²) in [6, 6.07) is 4.38. The van der Waals surface area contributed by atoms with Crippen LogP contribution in [-0.4, -0.2) is 13.1 Å². The molecule has 0 spiro atoms. The molecule has 0 amide bonds. The van der Waals surface area contributed by atoms with Crippen molar-refractivity contribution in [1.29, 1.82) is 5.26 Å². The molecule has 0 radical (unpaired) electrons. The summed E-state index contributed by atoms with van der Waals surface area (Å²) in [5.74, 6) is -0.661.